The van der Waals surface area contributed by atoms with Gasteiger partial charge in [0.25, 0.3) is 0 Å². The number of para-hydroxylation sites is 2. The monoisotopic (exact) mass is 178 g/mol. The maximum atomic E-state index is 5.77. The minimum absolute atomic E-state index is 0.734. The average Bonchev–Trinajstić information content (AvgIpc) is 2.08. The Kier molecular flexibility index (Phi) is 3.62. The van der Waals surface area contributed by atoms with Crippen molar-refractivity contribution in [3.63, 3.8) is 0 Å². The lowest BCUT2D eigenvalue weighted by atomic mass is 10.1. The number of benzene rings is 1. The molecule has 0 radical (unpaired) electrons. The number of nitrogens with one attached hydrogen (secondary N) is 1. The third-order valence-electron chi connectivity index (χ3n) is 2.00. The van der Waals surface area contributed by atoms with Gasteiger partial charge in [0, 0.05) is 6.54 Å². The summed E-state index contributed by atoms with van der Waals surface area (Å²) >= 11 is 0. The fourth-order valence-electron chi connectivity index (χ4n) is 1.15. The van der Waals surface area contributed by atoms with E-state index in [0.29, 0.717) is 0 Å². The molecule has 0 aliphatic rings. The lowest BCUT2D eigenvalue weighted by molar-refractivity contribution is 0.607. The highest BCUT2D eigenvalue weighted by atomic mass is 14.9. The molecule has 0 saturated heterocycles. The second kappa shape index (κ2) is 4.75. The Bertz CT molecular complexity index is 256. The van der Waals surface area contributed by atoms with Crippen molar-refractivity contribution in [1.82, 2.24) is 0 Å². The van der Waals surface area contributed by atoms with Gasteiger partial charge in [0.15, 0.2) is 0 Å². The van der Waals surface area contributed by atoms with Crippen molar-refractivity contribution in [2.24, 2.45) is 5.92 Å². The van der Waals surface area contributed by atoms with Crippen molar-refractivity contribution in [3.05, 3.63) is 24.3 Å². The quantitative estimate of drug-likeness (QED) is 0.696. The van der Waals surface area contributed by atoms with Crippen molar-refractivity contribution >= 4 is 11.4 Å². The van der Waals surface area contributed by atoms with E-state index in [9.17, 15) is 0 Å². The van der Waals surface area contributed by atoms with Gasteiger partial charge in [-0.2, -0.15) is 0 Å². The summed E-state index contributed by atoms with van der Waals surface area (Å²) in [6.07, 6.45) is 1.17. The first-order valence-corrected chi connectivity index (χ1v) is 4.78. The molecule has 0 bridgehead atoms. The van der Waals surface area contributed by atoms with Gasteiger partial charge in [-0.15, -0.1) is 0 Å². The zero-order chi connectivity index (χ0) is 9.68. The third kappa shape index (κ3) is 3.36. The van der Waals surface area contributed by atoms with Gasteiger partial charge in [-0.25, -0.2) is 0 Å². The number of anilines is 2. The molecule has 0 heterocycles. The molecule has 13 heavy (non-hydrogen) atoms. The van der Waals surface area contributed by atoms with Crippen LogP contribution in [0.2, 0.25) is 0 Å². The summed E-state index contributed by atoms with van der Waals surface area (Å²) in [5, 5.41) is 3.32. The van der Waals surface area contributed by atoms with Gasteiger partial charge in [-0.3, -0.25) is 0 Å². The van der Waals surface area contributed by atoms with Crippen LogP contribution in [0.4, 0.5) is 11.4 Å². The first-order chi connectivity index (χ1) is 6.20. The molecule has 1 rings (SSSR count). The van der Waals surface area contributed by atoms with Gasteiger partial charge in [-0.05, 0) is 24.5 Å². The molecule has 0 atom stereocenters. The van der Waals surface area contributed by atoms with E-state index in [1.165, 1.54) is 6.42 Å². The summed E-state index contributed by atoms with van der Waals surface area (Å²) in [7, 11) is 0. The van der Waals surface area contributed by atoms with E-state index in [0.717, 1.165) is 23.8 Å². The maximum Gasteiger partial charge on any atom is 0.0573 e. The number of rotatable bonds is 4. The summed E-state index contributed by atoms with van der Waals surface area (Å²) in [6.45, 7) is 5.43. The Hall–Kier alpha value is -1.18. The molecule has 2 heteroatoms. The summed E-state index contributed by atoms with van der Waals surface area (Å²) in [5.74, 6) is 0.734. The van der Waals surface area contributed by atoms with Gasteiger partial charge < -0.3 is 11.1 Å². The van der Waals surface area contributed by atoms with Crippen molar-refractivity contribution in [1.29, 1.82) is 0 Å². The van der Waals surface area contributed by atoms with E-state index in [1.807, 2.05) is 24.3 Å². The van der Waals surface area contributed by atoms with Gasteiger partial charge in [-0.1, -0.05) is 26.0 Å². The second-order valence-electron chi connectivity index (χ2n) is 3.70. The van der Waals surface area contributed by atoms with E-state index in [-0.39, 0.29) is 0 Å². The van der Waals surface area contributed by atoms with Crippen molar-refractivity contribution in [2.45, 2.75) is 20.3 Å². The molecule has 1 aromatic rings. The Morgan fingerprint density at radius 2 is 2.00 bits per heavy atom. The van der Waals surface area contributed by atoms with Crippen molar-refractivity contribution in [2.75, 3.05) is 17.6 Å². The largest absolute Gasteiger partial charge is 0.397 e. The first-order valence-electron chi connectivity index (χ1n) is 4.78. The van der Waals surface area contributed by atoms with Crippen LogP contribution in [0.5, 0.6) is 0 Å². The van der Waals surface area contributed by atoms with E-state index in [1.54, 1.807) is 0 Å². The minimum atomic E-state index is 0.734. The Labute approximate surface area is 80.1 Å². The fourth-order valence-corrected chi connectivity index (χ4v) is 1.15. The van der Waals surface area contributed by atoms with E-state index in [4.69, 9.17) is 5.73 Å². The highest BCUT2D eigenvalue weighted by Crippen LogP contribution is 2.16. The molecule has 2 nitrogen and oxygen atoms in total. The molecular weight excluding hydrogens is 160 g/mol. The maximum absolute atomic E-state index is 5.77. The van der Waals surface area contributed by atoms with Crippen LogP contribution < -0.4 is 11.1 Å². The number of nitrogen functional groups attached to an aromatic ring is 1. The SMILES string of the molecule is CC(C)CCNc1ccccc1N. The molecule has 0 aliphatic carbocycles. The molecule has 0 spiro atoms. The van der Waals surface area contributed by atoms with Crippen LogP contribution >= 0.6 is 0 Å². The van der Waals surface area contributed by atoms with Gasteiger partial charge in [0.05, 0.1) is 11.4 Å². The smallest absolute Gasteiger partial charge is 0.0573 e. The highest BCUT2D eigenvalue weighted by Gasteiger charge is 1.97. The van der Waals surface area contributed by atoms with Crippen LogP contribution in [0, 0.1) is 5.92 Å². The van der Waals surface area contributed by atoms with Crippen LogP contribution in [-0.2, 0) is 0 Å². The summed E-state index contributed by atoms with van der Waals surface area (Å²) in [4.78, 5) is 0. The molecule has 0 fully saturated rings. The molecule has 0 aliphatic heterocycles. The second-order valence-corrected chi connectivity index (χ2v) is 3.70. The lowest BCUT2D eigenvalue weighted by Gasteiger charge is -2.09. The van der Waals surface area contributed by atoms with Gasteiger partial charge >= 0.3 is 0 Å². The van der Waals surface area contributed by atoms with Crippen LogP contribution in [0.3, 0.4) is 0 Å². The number of nitrogens with two attached hydrogens (primary N) is 1. The van der Waals surface area contributed by atoms with Crippen LogP contribution in [0.25, 0.3) is 0 Å². The molecule has 1 aromatic carbocycles. The lowest BCUT2D eigenvalue weighted by Crippen LogP contribution is -2.06. The first kappa shape index (κ1) is 9.90. The molecule has 3 N–H and O–H groups in total. The molecule has 72 valence electrons. The molecular formula is C11H18N2. The van der Waals surface area contributed by atoms with E-state index < -0.39 is 0 Å². The molecule has 0 saturated carbocycles. The standard InChI is InChI=1S/C11H18N2/c1-9(2)7-8-13-11-6-4-3-5-10(11)12/h3-6,9,13H,7-8,12H2,1-2H3. The third-order valence-corrected chi connectivity index (χ3v) is 2.00. The van der Waals surface area contributed by atoms with Crippen molar-refractivity contribution < 1.29 is 0 Å². The Morgan fingerprint density at radius 3 is 2.62 bits per heavy atom. The summed E-state index contributed by atoms with van der Waals surface area (Å²) in [6, 6.07) is 7.87. The molecule has 0 aromatic heterocycles. The van der Waals surface area contributed by atoms with Crippen LogP contribution in [0.15, 0.2) is 24.3 Å². The average molecular weight is 178 g/mol. The molecule has 0 unspecified atom stereocenters. The summed E-state index contributed by atoms with van der Waals surface area (Å²) in [5.41, 5.74) is 7.64. The minimum Gasteiger partial charge on any atom is -0.397 e. The normalized spacial score (nSPS) is 10.4. The van der Waals surface area contributed by atoms with E-state index >= 15 is 0 Å². The number of hydrogen-bond donors (Lipinski definition) is 2. The van der Waals surface area contributed by atoms with Gasteiger partial charge in [0.2, 0.25) is 0 Å². The Morgan fingerprint density at radius 1 is 1.31 bits per heavy atom. The fraction of sp³-hybridized carbons (Fsp3) is 0.455. The van der Waals surface area contributed by atoms with Gasteiger partial charge in [0.1, 0.15) is 0 Å². The van der Waals surface area contributed by atoms with Crippen molar-refractivity contribution in [3.8, 4) is 0 Å². The predicted octanol–water partition coefficient (Wildman–Crippen LogP) is 2.73. The highest BCUT2D eigenvalue weighted by molar-refractivity contribution is 5.65. The van der Waals surface area contributed by atoms with Crippen LogP contribution in [0.1, 0.15) is 20.3 Å². The van der Waals surface area contributed by atoms with Crippen LogP contribution in [-0.4, -0.2) is 6.54 Å². The predicted molar refractivity (Wildman–Crippen MR) is 58.8 cm³/mol. The Balaban J connectivity index is 2.41. The molecule has 0 amide bonds. The summed E-state index contributed by atoms with van der Waals surface area (Å²) < 4.78 is 0. The number of hydrogen-bond acceptors (Lipinski definition) is 2. The topological polar surface area (TPSA) is 38.0 Å². The zero-order valence-electron chi connectivity index (χ0n) is 8.38. The van der Waals surface area contributed by atoms with E-state index in [2.05, 4.69) is 19.2 Å². The zero-order valence-corrected chi connectivity index (χ0v) is 8.38.